The minimum atomic E-state index is 0.395. The maximum absolute atomic E-state index is 5.69. The molecule has 5 rings (SSSR count). The number of aromatic nitrogens is 1. The standard InChI is InChI=1S/C29H36N2O4/c1-6-21-19(13-24-22-16-27(34-4)25(32-2)14-18(22)7-10-30-24)8-11-31-12-9-20-15-26(33-3)28(35-5)17-23(20)29(21)31/h7,10,14-17,19,21,29H,6,8-9,11-13H2,1-5H3/t19-,21-,29+/m1/s1. The number of hydrogen-bond acceptors (Lipinski definition) is 6. The third-order valence-corrected chi connectivity index (χ3v) is 8.10. The van der Waals surface area contributed by atoms with Crippen LogP contribution in [0.3, 0.4) is 0 Å². The third kappa shape index (κ3) is 4.18. The lowest BCUT2D eigenvalue weighted by molar-refractivity contribution is 0.0368. The van der Waals surface area contributed by atoms with Crippen LogP contribution >= 0.6 is 0 Å². The number of rotatable bonds is 7. The van der Waals surface area contributed by atoms with Crippen LogP contribution in [0.5, 0.6) is 23.0 Å². The van der Waals surface area contributed by atoms with Crippen molar-refractivity contribution in [3.8, 4) is 23.0 Å². The van der Waals surface area contributed by atoms with Crippen molar-refractivity contribution in [2.45, 2.75) is 38.6 Å². The molecule has 0 aliphatic carbocycles. The summed E-state index contributed by atoms with van der Waals surface area (Å²) in [5.74, 6) is 4.23. The summed E-state index contributed by atoms with van der Waals surface area (Å²) in [7, 11) is 6.80. The van der Waals surface area contributed by atoms with Crippen LogP contribution in [0.15, 0.2) is 36.5 Å². The first-order valence-corrected chi connectivity index (χ1v) is 12.6. The van der Waals surface area contributed by atoms with E-state index in [9.17, 15) is 0 Å². The Hall–Kier alpha value is -2.99. The summed E-state index contributed by atoms with van der Waals surface area (Å²) in [5, 5.41) is 2.29. The number of fused-ring (bicyclic) bond motifs is 4. The van der Waals surface area contributed by atoms with Gasteiger partial charge in [0.05, 0.1) is 28.4 Å². The molecule has 6 heteroatoms. The van der Waals surface area contributed by atoms with E-state index < -0.39 is 0 Å². The van der Waals surface area contributed by atoms with E-state index in [0.29, 0.717) is 17.9 Å². The Morgan fingerprint density at radius 1 is 0.886 bits per heavy atom. The summed E-state index contributed by atoms with van der Waals surface area (Å²) in [6.07, 6.45) is 6.25. The van der Waals surface area contributed by atoms with E-state index >= 15 is 0 Å². The quantitative estimate of drug-likeness (QED) is 0.452. The van der Waals surface area contributed by atoms with E-state index in [1.165, 1.54) is 17.5 Å². The molecule has 0 N–H and O–H groups in total. The fraction of sp³-hybridized carbons (Fsp3) is 0.483. The van der Waals surface area contributed by atoms with Gasteiger partial charge in [-0.05, 0) is 84.5 Å². The first kappa shape index (κ1) is 23.7. The first-order chi connectivity index (χ1) is 17.1. The Morgan fingerprint density at radius 3 is 2.29 bits per heavy atom. The highest BCUT2D eigenvalue weighted by molar-refractivity contribution is 5.88. The molecule has 0 bridgehead atoms. The molecule has 1 fully saturated rings. The highest BCUT2D eigenvalue weighted by atomic mass is 16.5. The van der Waals surface area contributed by atoms with Gasteiger partial charge in [0.1, 0.15) is 0 Å². The van der Waals surface area contributed by atoms with Crippen molar-refractivity contribution in [3.63, 3.8) is 0 Å². The molecule has 3 atom stereocenters. The van der Waals surface area contributed by atoms with Crippen LogP contribution in [0, 0.1) is 11.8 Å². The largest absolute Gasteiger partial charge is 0.493 e. The van der Waals surface area contributed by atoms with Crippen molar-refractivity contribution < 1.29 is 18.9 Å². The van der Waals surface area contributed by atoms with E-state index in [1.807, 2.05) is 6.20 Å². The molecule has 2 aromatic carbocycles. The molecule has 0 unspecified atom stereocenters. The number of pyridine rings is 1. The van der Waals surface area contributed by atoms with Crippen LogP contribution < -0.4 is 18.9 Å². The lowest BCUT2D eigenvalue weighted by Crippen LogP contribution is -2.47. The summed E-state index contributed by atoms with van der Waals surface area (Å²) in [6.45, 7) is 4.54. The Bertz CT molecular complexity index is 1210. The zero-order valence-electron chi connectivity index (χ0n) is 21.5. The number of benzene rings is 2. The Labute approximate surface area is 208 Å². The van der Waals surface area contributed by atoms with Crippen LogP contribution in [0.25, 0.3) is 10.8 Å². The molecule has 0 spiro atoms. The monoisotopic (exact) mass is 476 g/mol. The van der Waals surface area contributed by atoms with Crippen LogP contribution in [0.1, 0.15) is 42.6 Å². The smallest absolute Gasteiger partial charge is 0.161 e. The topological polar surface area (TPSA) is 53.1 Å². The van der Waals surface area contributed by atoms with Crippen molar-refractivity contribution >= 4 is 10.8 Å². The molecule has 186 valence electrons. The van der Waals surface area contributed by atoms with E-state index in [0.717, 1.165) is 71.8 Å². The molecular formula is C29H36N2O4. The number of piperidine rings is 1. The fourth-order valence-electron chi connectivity index (χ4n) is 6.36. The summed E-state index contributed by atoms with van der Waals surface area (Å²) < 4.78 is 22.4. The normalized spacial score (nSPS) is 21.8. The van der Waals surface area contributed by atoms with Crippen LogP contribution in [0.2, 0.25) is 0 Å². The van der Waals surface area contributed by atoms with E-state index in [-0.39, 0.29) is 0 Å². The van der Waals surface area contributed by atoms with Crippen LogP contribution in [-0.2, 0) is 12.8 Å². The fourth-order valence-corrected chi connectivity index (χ4v) is 6.36. The molecule has 2 aliphatic heterocycles. The van der Waals surface area contributed by atoms with Gasteiger partial charge in [-0.1, -0.05) is 13.3 Å². The molecule has 0 amide bonds. The van der Waals surface area contributed by atoms with Crippen molar-refractivity contribution in [3.05, 3.63) is 53.3 Å². The Morgan fingerprint density at radius 2 is 1.57 bits per heavy atom. The second-order valence-corrected chi connectivity index (χ2v) is 9.65. The maximum Gasteiger partial charge on any atom is 0.161 e. The molecule has 35 heavy (non-hydrogen) atoms. The van der Waals surface area contributed by atoms with Crippen molar-refractivity contribution in [2.24, 2.45) is 11.8 Å². The molecule has 2 aliphatic rings. The van der Waals surface area contributed by atoms with Gasteiger partial charge in [0, 0.05) is 29.9 Å². The van der Waals surface area contributed by atoms with Crippen molar-refractivity contribution in [1.82, 2.24) is 9.88 Å². The lowest BCUT2D eigenvalue weighted by Gasteiger charge is -2.49. The van der Waals surface area contributed by atoms with E-state index in [4.69, 9.17) is 23.9 Å². The number of nitrogens with zero attached hydrogens (tertiary/aromatic N) is 2. The second-order valence-electron chi connectivity index (χ2n) is 9.65. The number of methoxy groups -OCH3 is 4. The predicted octanol–water partition coefficient (Wildman–Crippen LogP) is 5.46. The minimum Gasteiger partial charge on any atom is -0.493 e. The second kappa shape index (κ2) is 9.94. The van der Waals surface area contributed by atoms with E-state index in [2.05, 4.69) is 42.2 Å². The zero-order valence-corrected chi connectivity index (χ0v) is 21.5. The average molecular weight is 477 g/mol. The molecule has 0 saturated carbocycles. The molecular weight excluding hydrogens is 440 g/mol. The SMILES string of the molecule is CC[C@@H]1[C@@H](Cc2nccc3cc(OC)c(OC)cc23)CCN2CCc3cc(OC)c(OC)cc3[C@H]12. The lowest BCUT2D eigenvalue weighted by atomic mass is 9.71. The van der Waals surface area contributed by atoms with Gasteiger partial charge in [0.25, 0.3) is 0 Å². The Kier molecular flexibility index (Phi) is 6.74. The molecule has 6 nitrogen and oxygen atoms in total. The zero-order chi connectivity index (χ0) is 24.5. The Balaban J connectivity index is 1.51. The highest BCUT2D eigenvalue weighted by Crippen LogP contribution is 2.48. The van der Waals surface area contributed by atoms with Gasteiger partial charge in [-0.15, -0.1) is 0 Å². The molecule has 1 saturated heterocycles. The highest BCUT2D eigenvalue weighted by Gasteiger charge is 2.41. The summed E-state index contributed by atoms with van der Waals surface area (Å²) in [6, 6.07) is 11.0. The molecule has 3 aromatic rings. The average Bonchev–Trinajstić information content (AvgIpc) is 2.91. The molecule has 1 aromatic heterocycles. The van der Waals surface area contributed by atoms with Gasteiger partial charge in [-0.25, -0.2) is 0 Å². The van der Waals surface area contributed by atoms with Gasteiger partial charge in [-0.3, -0.25) is 9.88 Å². The van der Waals surface area contributed by atoms with Crippen LogP contribution in [-0.4, -0.2) is 51.4 Å². The predicted molar refractivity (Wildman–Crippen MR) is 138 cm³/mol. The maximum atomic E-state index is 5.69. The van der Waals surface area contributed by atoms with Gasteiger partial charge in [-0.2, -0.15) is 0 Å². The van der Waals surface area contributed by atoms with Gasteiger partial charge >= 0.3 is 0 Å². The summed E-state index contributed by atoms with van der Waals surface area (Å²) >= 11 is 0. The summed E-state index contributed by atoms with van der Waals surface area (Å²) in [4.78, 5) is 7.54. The number of hydrogen-bond donors (Lipinski definition) is 0. The van der Waals surface area contributed by atoms with Crippen molar-refractivity contribution in [2.75, 3.05) is 41.5 Å². The van der Waals surface area contributed by atoms with Gasteiger partial charge in [0.15, 0.2) is 23.0 Å². The molecule has 3 heterocycles. The van der Waals surface area contributed by atoms with Gasteiger partial charge in [0.2, 0.25) is 0 Å². The molecule has 0 radical (unpaired) electrons. The van der Waals surface area contributed by atoms with E-state index in [1.54, 1.807) is 28.4 Å². The van der Waals surface area contributed by atoms with Crippen LogP contribution in [0.4, 0.5) is 0 Å². The number of ether oxygens (including phenoxy) is 4. The summed E-state index contributed by atoms with van der Waals surface area (Å²) in [5.41, 5.74) is 3.94. The first-order valence-electron chi connectivity index (χ1n) is 12.6. The van der Waals surface area contributed by atoms with Gasteiger partial charge < -0.3 is 18.9 Å². The van der Waals surface area contributed by atoms with Crippen molar-refractivity contribution in [1.29, 1.82) is 0 Å². The third-order valence-electron chi connectivity index (χ3n) is 8.10. The minimum absolute atomic E-state index is 0.395.